The summed E-state index contributed by atoms with van der Waals surface area (Å²) >= 11 is 0. The second kappa shape index (κ2) is 6.77. The van der Waals surface area contributed by atoms with E-state index in [1.54, 1.807) is 11.8 Å². The smallest absolute Gasteiger partial charge is 0.0947 e. The molecule has 0 saturated carbocycles. The number of nitriles is 1. The molecule has 4 nitrogen and oxygen atoms in total. The molecule has 0 amide bonds. The van der Waals surface area contributed by atoms with Crippen molar-refractivity contribution in [3.05, 3.63) is 0 Å². The summed E-state index contributed by atoms with van der Waals surface area (Å²) in [5.74, 6) is 0. The van der Waals surface area contributed by atoms with E-state index in [2.05, 4.69) is 6.07 Å². The van der Waals surface area contributed by atoms with E-state index in [1.165, 1.54) is 0 Å². The molecular formula is C10H20N2O2. The Hall–Kier alpha value is -0.630. The van der Waals surface area contributed by atoms with Crippen LogP contribution in [-0.4, -0.2) is 48.5 Å². The molecular weight excluding hydrogens is 180 g/mol. The molecule has 0 spiro atoms. The van der Waals surface area contributed by atoms with Crippen LogP contribution in [0.5, 0.6) is 0 Å². The lowest BCUT2D eigenvalue weighted by Gasteiger charge is -2.22. The van der Waals surface area contributed by atoms with Crippen molar-refractivity contribution < 1.29 is 9.84 Å². The molecule has 0 saturated heterocycles. The van der Waals surface area contributed by atoms with Gasteiger partial charge < -0.3 is 9.84 Å². The quantitative estimate of drug-likeness (QED) is 0.682. The number of hydrogen-bond acceptors (Lipinski definition) is 4. The minimum absolute atomic E-state index is 0.128. The van der Waals surface area contributed by atoms with E-state index >= 15 is 0 Å². The Labute approximate surface area is 86.1 Å². The Morgan fingerprint density at radius 3 is 2.43 bits per heavy atom. The lowest BCUT2D eigenvalue weighted by Crippen LogP contribution is -2.37. The molecule has 1 N–H and O–H groups in total. The zero-order chi connectivity index (χ0) is 11.1. The molecule has 0 fully saturated rings. The van der Waals surface area contributed by atoms with Gasteiger partial charge in [0.25, 0.3) is 0 Å². The van der Waals surface area contributed by atoms with Gasteiger partial charge in [-0.25, -0.2) is 0 Å². The van der Waals surface area contributed by atoms with Gasteiger partial charge in [0.2, 0.25) is 0 Å². The molecule has 0 aromatic heterocycles. The number of rotatable bonds is 6. The first-order chi connectivity index (χ1) is 6.47. The van der Waals surface area contributed by atoms with E-state index in [0.717, 1.165) is 0 Å². The maximum atomic E-state index is 9.54. The summed E-state index contributed by atoms with van der Waals surface area (Å²) in [7, 11) is 1.81. The largest absolute Gasteiger partial charge is 0.389 e. The summed E-state index contributed by atoms with van der Waals surface area (Å²) in [6, 6.07) is 1.93. The molecule has 4 heteroatoms. The second-order valence-corrected chi connectivity index (χ2v) is 3.78. The number of likely N-dealkylation sites (N-methyl/N-ethyl adjacent to an activating group) is 1. The number of nitrogens with zero attached hydrogens (tertiary/aromatic N) is 2. The summed E-state index contributed by atoms with van der Waals surface area (Å²) in [5, 5.41) is 18.2. The van der Waals surface area contributed by atoms with Gasteiger partial charge in [0, 0.05) is 6.54 Å². The van der Waals surface area contributed by atoms with Crippen molar-refractivity contribution in [2.24, 2.45) is 0 Å². The van der Waals surface area contributed by atoms with Crippen molar-refractivity contribution in [1.29, 1.82) is 5.26 Å². The van der Waals surface area contributed by atoms with Gasteiger partial charge >= 0.3 is 0 Å². The van der Waals surface area contributed by atoms with Crippen molar-refractivity contribution in [1.82, 2.24) is 4.90 Å². The van der Waals surface area contributed by atoms with Crippen LogP contribution in [0.1, 0.15) is 20.8 Å². The van der Waals surface area contributed by atoms with Crippen LogP contribution in [0.15, 0.2) is 0 Å². The Kier molecular flexibility index (Phi) is 6.46. The summed E-state index contributed by atoms with van der Waals surface area (Å²) < 4.78 is 5.26. The van der Waals surface area contributed by atoms with E-state index in [9.17, 15) is 5.11 Å². The van der Waals surface area contributed by atoms with Crippen LogP contribution in [0.4, 0.5) is 0 Å². The minimum Gasteiger partial charge on any atom is -0.389 e. The van der Waals surface area contributed by atoms with Crippen molar-refractivity contribution in [2.45, 2.75) is 39.0 Å². The maximum Gasteiger partial charge on any atom is 0.0947 e. The molecule has 0 aliphatic heterocycles. The summed E-state index contributed by atoms with van der Waals surface area (Å²) in [5.41, 5.74) is 0. The maximum absolute atomic E-state index is 9.54. The first kappa shape index (κ1) is 13.4. The lowest BCUT2D eigenvalue weighted by atomic mass is 10.3. The first-order valence-electron chi connectivity index (χ1n) is 4.87. The number of ether oxygens (including phenoxy) is 1. The Bertz CT molecular complexity index is 189. The third kappa shape index (κ3) is 5.92. The molecule has 0 bridgehead atoms. The van der Waals surface area contributed by atoms with E-state index < -0.39 is 6.10 Å². The van der Waals surface area contributed by atoms with Crippen molar-refractivity contribution >= 4 is 0 Å². The standard InChI is InChI=1S/C10H20N2O2/c1-8(2)14-7-10(13)6-12(4)9(3)5-11/h8-10,13H,6-7H2,1-4H3. The molecule has 0 rings (SSSR count). The molecule has 0 heterocycles. The summed E-state index contributed by atoms with van der Waals surface area (Å²) in [6.07, 6.45) is -0.401. The Balaban J connectivity index is 3.72. The van der Waals surface area contributed by atoms with Gasteiger partial charge in [0.1, 0.15) is 0 Å². The third-order valence-electron chi connectivity index (χ3n) is 1.97. The molecule has 14 heavy (non-hydrogen) atoms. The fourth-order valence-corrected chi connectivity index (χ4v) is 0.945. The van der Waals surface area contributed by atoms with Gasteiger partial charge in [-0.3, -0.25) is 4.90 Å². The number of aliphatic hydroxyl groups is 1. The average Bonchev–Trinajstić information content (AvgIpc) is 2.13. The van der Waals surface area contributed by atoms with Crippen LogP contribution in [-0.2, 0) is 4.74 Å². The Morgan fingerprint density at radius 2 is 2.00 bits per heavy atom. The predicted molar refractivity (Wildman–Crippen MR) is 54.8 cm³/mol. The van der Waals surface area contributed by atoms with Crippen LogP contribution in [0.2, 0.25) is 0 Å². The lowest BCUT2D eigenvalue weighted by molar-refractivity contribution is -0.00722. The van der Waals surface area contributed by atoms with Gasteiger partial charge in [-0.1, -0.05) is 0 Å². The molecule has 0 aliphatic rings. The molecule has 2 unspecified atom stereocenters. The third-order valence-corrected chi connectivity index (χ3v) is 1.97. The van der Waals surface area contributed by atoms with Crippen molar-refractivity contribution in [3.63, 3.8) is 0 Å². The van der Waals surface area contributed by atoms with E-state index in [-0.39, 0.29) is 12.1 Å². The van der Waals surface area contributed by atoms with Crippen LogP contribution in [0, 0.1) is 11.3 Å². The summed E-state index contributed by atoms with van der Waals surface area (Å²) in [6.45, 7) is 6.43. The topological polar surface area (TPSA) is 56.5 Å². The molecule has 0 aromatic carbocycles. The number of aliphatic hydroxyl groups excluding tert-OH is 1. The second-order valence-electron chi connectivity index (χ2n) is 3.78. The average molecular weight is 200 g/mol. The minimum atomic E-state index is -0.529. The summed E-state index contributed by atoms with van der Waals surface area (Å²) in [4.78, 5) is 1.80. The van der Waals surface area contributed by atoms with E-state index in [4.69, 9.17) is 10.00 Å². The molecule has 0 aliphatic carbocycles. The van der Waals surface area contributed by atoms with Gasteiger partial charge in [0.15, 0.2) is 0 Å². The Morgan fingerprint density at radius 1 is 1.43 bits per heavy atom. The van der Waals surface area contributed by atoms with Gasteiger partial charge in [-0.15, -0.1) is 0 Å². The first-order valence-corrected chi connectivity index (χ1v) is 4.87. The highest BCUT2D eigenvalue weighted by Gasteiger charge is 2.13. The van der Waals surface area contributed by atoms with Crippen LogP contribution < -0.4 is 0 Å². The monoisotopic (exact) mass is 200 g/mol. The molecule has 0 aromatic rings. The highest BCUT2D eigenvalue weighted by Crippen LogP contribution is 1.98. The van der Waals surface area contributed by atoms with E-state index in [1.807, 2.05) is 20.9 Å². The van der Waals surface area contributed by atoms with Crippen LogP contribution >= 0.6 is 0 Å². The highest BCUT2D eigenvalue weighted by atomic mass is 16.5. The van der Waals surface area contributed by atoms with Gasteiger partial charge in [-0.2, -0.15) is 5.26 Å². The molecule has 0 radical (unpaired) electrons. The van der Waals surface area contributed by atoms with Crippen LogP contribution in [0.3, 0.4) is 0 Å². The zero-order valence-corrected chi connectivity index (χ0v) is 9.40. The molecule has 82 valence electrons. The molecule has 2 atom stereocenters. The van der Waals surface area contributed by atoms with Crippen molar-refractivity contribution in [2.75, 3.05) is 20.2 Å². The van der Waals surface area contributed by atoms with E-state index in [0.29, 0.717) is 13.2 Å². The highest BCUT2D eigenvalue weighted by molar-refractivity contribution is 4.87. The van der Waals surface area contributed by atoms with Crippen molar-refractivity contribution in [3.8, 4) is 6.07 Å². The predicted octanol–water partition coefficient (Wildman–Crippen LogP) is 0.616. The SMILES string of the molecule is CC(C)OCC(O)CN(C)C(C)C#N. The number of hydrogen-bond donors (Lipinski definition) is 1. The van der Waals surface area contributed by atoms with Gasteiger partial charge in [-0.05, 0) is 27.8 Å². The van der Waals surface area contributed by atoms with Crippen LogP contribution in [0.25, 0.3) is 0 Å². The van der Waals surface area contributed by atoms with Gasteiger partial charge in [0.05, 0.1) is 30.9 Å². The zero-order valence-electron chi connectivity index (χ0n) is 9.40. The fraction of sp³-hybridized carbons (Fsp3) is 0.900. The normalized spacial score (nSPS) is 15.6. The fourth-order valence-electron chi connectivity index (χ4n) is 0.945.